The molecule has 0 spiro atoms. The average Bonchev–Trinajstić information content (AvgIpc) is 2.72. The van der Waals surface area contributed by atoms with Crippen molar-refractivity contribution in [2.45, 2.75) is 57.9 Å². The van der Waals surface area contributed by atoms with E-state index in [2.05, 4.69) is 5.16 Å². The van der Waals surface area contributed by atoms with Crippen LogP contribution in [0.1, 0.15) is 57.9 Å². The van der Waals surface area contributed by atoms with Gasteiger partial charge in [-0.25, -0.2) is 4.31 Å². The highest BCUT2D eigenvalue weighted by Crippen LogP contribution is 2.34. The molecule has 0 unspecified atom stereocenters. The Balaban J connectivity index is 2.41. The molecule has 0 aromatic heterocycles. The van der Waals surface area contributed by atoms with Gasteiger partial charge < -0.3 is 9.57 Å². The molecular weight excluding hydrogens is 457 g/mol. The van der Waals surface area contributed by atoms with Gasteiger partial charge in [-0.3, -0.25) is 0 Å². The number of benzene rings is 1. The van der Waals surface area contributed by atoms with Gasteiger partial charge in [0.15, 0.2) is 0 Å². The van der Waals surface area contributed by atoms with E-state index < -0.39 is 22.3 Å². The monoisotopic (exact) mass is 484 g/mol. The fourth-order valence-corrected chi connectivity index (χ4v) is 4.46. The van der Waals surface area contributed by atoms with Gasteiger partial charge in [0.25, 0.3) is 0 Å². The van der Waals surface area contributed by atoms with E-state index >= 15 is 0 Å². The van der Waals surface area contributed by atoms with Crippen LogP contribution < -0.4 is 4.31 Å². The quantitative estimate of drug-likeness (QED) is 0.242. The molecule has 2 rings (SSSR count). The molecule has 0 radical (unpaired) electrons. The highest BCUT2D eigenvalue weighted by Gasteiger charge is 2.51. The molecule has 1 aliphatic rings. The Hall–Kier alpha value is -1.52. The third-order valence-corrected chi connectivity index (χ3v) is 6.78. The number of rotatable bonds is 10. The Labute approximate surface area is 186 Å². The lowest BCUT2D eigenvalue weighted by molar-refractivity contribution is -0.0445. The Bertz CT molecular complexity index is 856. The molecule has 0 amide bonds. The van der Waals surface area contributed by atoms with Crippen LogP contribution in [-0.2, 0) is 19.6 Å². The maximum Gasteiger partial charge on any atom is 0.516 e. The zero-order valence-electron chi connectivity index (χ0n) is 17.6. The van der Waals surface area contributed by atoms with Crippen LogP contribution in [0.4, 0.5) is 18.9 Å². The Kier molecular flexibility index (Phi) is 9.45. The Morgan fingerprint density at radius 2 is 1.90 bits per heavy atom. The summed E-state index contributed by atoms with van der Waals surface area (Å²) in [6, 6.07) is 3.92. The van der Waals surface area contributed by atoms with Gasteiger partial charge in [0.2, 0.25) is 0 Å². The molecule has 176 valence electrons. The van der Waals surface area contributed by atoms with Gasteiger partial charge in [0, 0.05) is 17.2 Å². The number of alkyl halides is 3. The molecular formula is C20H28ClF3N2O4S. The fourth-order valence-electron chi connectivity index (χ4n) is 3.40. The van der Waals surface area contributed by atoms with Crippen molar-refractivity contribution in [3.63, 3.8) is 0 Å². The van der Waals surface area contributed by atoms with E-state index in [1.165, 1.54) is 24.6 Å². The minimum absolute atomic E-state index is 0.0338. The third kappa shape index (κ3) is 6.73. The minimum atomic E-state index is -5.71. The maximum absolute atomic E-state index is 13.3. The molecule has 11 heteroatoms. The van der Waals surface area contributed by atoms with Crippen molar-refractivity contribution in [1.29, 1.82) is 0 Å². The lowest BCUT2D eigenvalue weighted by Crippen LogP contribution is -2.42. The summed E-state index contributed by atoms with van der Waals surface area (Å²) in [5.41, 5.74) is -5.28. The highest BCUT2D eigenvalue weighted by atomic mass is 35.5. The zero-order valence-corrected chi connectivity index (χ0v) is 19.2. The summed E-state index contributed by atoms with van der Waals surface area (Å²) in [7, 11) is -5.71. The molecule has 0 bridgehead atoms. The van der Waals surface area contributed by atoms with Crippen LogP contribution in [0, 0.1) is 5.92 Å². The number of nitrogens with zero attached hydrogens (tertiary/aromatic N) is 2. The van der Waals surface area contributed by atoms with Crippen molar-refractivity contribution < 1.29 is 31.2 Å². The number of hydrogen-bond donors (Lipinski definition) is 0. The predicted molar refractivity (Wildman–Crippen MR) is 115 cm³/mol. The number of ether oxygens (including phenoxy) is 1. The molecule has 0 atom stereocenters. The molecule has 0 saturated heterocycles. The number of anilines is 1. The van der Waals surface area contributed by atoms with Gasteiger partial charge in [0.1, 0.15) is 13.3 Å². The van der Waals surface area contributed by atoms with Gasteiger partial charge in [-0.05, 0) is 50.3 Å². The first-order chi connectivity index (χ1) is 14.6. The second-order valence-electron chi connectivity index (χ2n) is 7.27. The molecule has 0 N–H and O–H groups in total. The van der Waals surface area contributed by atoms with E-state index in [9.17, 15) is 21.6 Å². The minimum Gasteiger partial charge on any atom is -0.395 e. The second kappa shape index (κ2) is 11.4. The van der Waals surface area contributed by atoms with Gasteiger partial charge in [-0.1, -0.05) is 42.9 Å². The summed E-state index contributed by atoms with van der Waals surface area (Å²) in [4.78, 5) is 5.51. The third-order valence-electron chi connectivity index (χ3n) is 5.08. The molecule has 1 aromatic carbocycles. The van der Waals surface area contributed by atoms with Crippen LogP contribution in [0.3, 0.4) is 0 Å². The topological polar surface area (TPSA) is 68.2 Å². The van der Waals surface area contributed by atoms with E-state index in [1.54, 1.807) is 13.8 Å². The molecule has 0 aliphatic heterocycles. The van der Waals surface area contributed by atoms with Gasteiger partial charge in [-0.15, -0.1) is 0 Å². The van der Waals surface area contributed by atoms with Crippen LogP contribution in [0.15, 0.2) is 23.4 Å². The standard InChI is InChI=1S/C20H28ClF3N2O4S/c1-3-18(25-30-13-15-8-6-5-7-9-15)17-12-16(21)10-11-19(17)26(14-29-4-2)31(27,28)20(22,23)24/h10-12,15H,3-9,13-14H2,1-2H3. The van der Waals surface area contributed by atoms with Crippen molar-refractivity contribution >= 4 is 33.0 Å². The summed E-state index contributed by atoms with van der Waals surface area (Å²) >= 11 is 6.07. The molecule has 0 heterocycles. The maximum atomic E-state index is 13.3. The first-order valence-corrected chi connectivity index (χ1v) is 12.1. The largest absolute Gasteiger partial charge is 0.516 e. The first-order valence-electron chi connectivity index (χ1n) is 10.3. The van der Waals surface area contributed by atoms with Crippen molar-refractivity contribution in [3.05, 3.63) is 28.8 Å². The van der Waals surface area contributed by atoms with Gasteiger partial charge >= 0.3 is 15.5 Å². The molecule has 1 aliphatic carbocycles. The molecule has 31 heavy (non-hydrogen) atoms. The van der Waals surface area contributed by atoms with Crippen LogP contribution in [0.2, 0.25) is 5.02 Å². The number of hydrogen-bond acceptors (Lipinski definition) is 5. The first kappa shape index (κ1) is 25.7. The fraction of sp³-hybridized carbons (Fsp3) is 0.650. The average molecular weight is 485 g/mol. The van der Waals surface area contributed by atoms with E-state index in [4.69, 9.17) is 21.2 Å². The summed E-state index contributed by atoms with van der Waals surface area (Å²) in [5, 5.41) is 4.36. The zero-order chi connectivity index (χ0) is 23.1. The van der Waals surface area contributed by atoms with Crippen LogP contribution in [0.25, 0.3) is 0 Å². The van der Waals surface area contributed by atoms with Crippen LogP contribution in [-0.4, -0.2) is 39.6 Å². The molecule has 6 nitrogen and oxygen atoms in total. The second-order valence-corrected chi connectivity index (χ2v) is 9.56. The number of oxime groups is 1. The van der Waals surface area contributed by atoms with E-state index in [1.807, 2.05) is 0 Å². The van der Waals surface area contributed by atoms with Gasteiger partial charge in [-0.2, -0.15) is 21.6 Å². The van der Waals surface area contributed by atoms with Crippen molar-refractivity contribution in [2.75, 3.05) is 24.2 Å². The number of sulfonamides is 1. The highest BCUT2D eigenvalue weighted by molar-refractivity contribution is 7.93. The summed E-state index contributed by atoms with van der Waals surface area (Å²) < 4.78 is 69.7. The van der Waals surface area contributed by atoms with Crippen molar-refractivity contribution in [2.24, 2.45) is 11.1 Å². The van der Waals surface area contributed by atoms with Crippen molar-refractivity contribution in [1.82, 2.24) is 0 Å². The van der Waals surface area contributed by atoms with Crippen LogP contribution in [0.5, 0.6) is 0 Å². The summed E-state index contributed by atoms with van der Waals surface area (Å²) in [6.07, 6.45) is 5.87. The molecule has 1 aromatic rings. The van der Waals surface area contributed by atoms with Crippen molar-refractivity contribution in [3.8, 4) is 0 Å². The lowest BCUT2D eigenvalue weighted by atomic mass is 9.90. The smallest absolute Gasteiger partial charge is 0.395 e. The van der Waals surface area contributed by atoms with E-state index in [0.717, 1.165) is 25.7 Å². The van der Waals surface area contributed by atoms with Crippen LogP contribution >= 0.6 is 11.6 Å². The van der Waals surface area contributed by atoms with Gasteiger partial charge in [0.05, 0.1) is 11.4 Å². The summed E-state index contributed by atoms with van der Waals surface area (Å²) in [6.45, 7) is 2.94. The predicted octanol–water partition coefficient (Wildman–Crippen LogP) is 5.70. The van der Waals surface area contributed by atoms with E-state index in [-0.39, 0.29) is 27.2 Å². The molecule has 1 saturated carbocycles. The normalized spacial score (nSPS) is 16.4. The number of halogens is 4. The molecule has 1 fully saturated rings. The Morgan fingerprint density at radius 1 is 1.23 bits per heavy atom. The summed E-state index contributed by atoms with van der Waals surface area (Å²) in [5.74, 6) is 0.384. The lowest BCUT2D eigenvalue weighted by Gasteiger charge is -2.27. The Morgan fingerprint density at radius 3 is 2.48 bits per heavy atom. The SMILES string of the molecule is CCOCN(c1ccc(Cl)cc1C(CC)=NOCC1CCCCC1)S(=O)(=O)C(F)(F)F. The van der Waals surface area contributed by atoms with E-state index in [0.29, 0.717) is 24.7 Å².